The predicted octanol–water partition coefficient (Wildman–Crippen LogP) is 0.823. The molecule has 1 heterocycles. The van der Waals surface area contributed by atoms with Crippen LogP contribution in [0.1, 0.15) is 0 Å². The van der Waals surface area contributed by atoms with Crippen molar-refractivity contribution >= 4 is 0 Å². The van der Waals surface area contributed by atoms with E-state index < -0.39 is 0 Å². The Balaban J connectivity index is 2.62. The third-order valence-corrected chi connectivity index (χ3v) is 1.72. The lowest BCUT2D eigenvalue weighted by molar-refractivity contribution is 0.106. The number of hydrogen-bond donors (Lipinski definition) is 0. The molecule has 0 aromatic heterocycles. The highest BCUT2D eigenvalue weighted by molar-refractivity contribution is 4.95. The van der Waals surface area contributed by atoms with E-state index in [-0.39, 0.29) is 0 Å². The van der Waals surface area contributed by atoms with Crippen LogP contribution in [-0.2, 0) is 4.74 Å². The van der Waals surface area contributed by atoms with Crippen LogP contribution in [0.15, 0.2) is 24.7 Å². The molecule has 1 aliphatic rings. The minimum Gasteiger partial charge on any atom is -0.481 e. The molecule has 0 amide bonds. The van der Waals surface area contributed by atoms with Crippen molar-refractivity contribution in [1.29, 1.82) is 0 Å². The summed E-state index contributed by atoms with van der Waals surface area (Å²) in [6.45, 7) is 5.34. The second-order valence-electron chi connectivity index (χ2n) is 2.66. The van der Waals surface area contributed by atoms with Gasteiger partial charge in [-0.3, -0.25) is 0 Å². The number of hydrogen-bond acceptors (Lipinski definition) is 3. The first-order valence-corrected chi connectivity index (χ1v) is 3.59. The van der Waals surface area contributed by atoms with Gasteiger partial charge in [0.2, 0.25) is 0 Å². The Morgan fingerprint density at radius 3 is 2.91 bits per heavy atom. The van der Waals surface area contributed by atoms with Gasteiger partial charge < -0.3 is 14.5 Å². The van der Waals surface area contributed by atoms with Crippen LogP contribution in [-0.4, -0.2) is 37.2 Å². The molecule has 0 aromatic carbocycles. The van der Waals surface area contributed by atoms with E-state index in [2.05, 4.69) is 11.5 Å². The van der Waals surface area contributed by atoms with Crippen molar-refractivity contribution in [2.45, 2.75) is 0 Å². The Morgan fingerprint density at radius 2 is 2.18 bits per heavy atom. The molecule has 0 unspecified atom stereocenters. The predicted molar refractivity (Wildman–Crippen MR) is 44.6 cm³/mol. The molecule has 3 heteroatoms. The molecule has 1 rings (SSSR count). The lowest BCUT2D eigenvalue weighted by Crippen LogP contribution is -2.32. The second kappa shape index (κ2) is 3.32. The average Bonchev–Trinajstić information content (AvgIpc) is 2.00. The molecule has 0 aromatic rings. The summed E-state index contributed by atoms with van der Waals surface area (Å²) in [4.78, 5) is 4.03. The maximum absolute atomic E-state index is 5.16. The van der Waals surface area contributed by atoms with E-state index in [0.717, 1.165) is 12.4 Å². The topological polar surface area (TPSA) is 15.7 Å². The van der Waals surface area contributed by atoms with E-state index in [4.69, 9.17) is 4.74 Å². The van der Waals surface area contributed by atoms with Crippen molar-refractivity contribution < 1.29 is 4.74 Å². The van der Waals surface area contributed by atoms with Gasteiger partial charge in [0.15, 0.2) is 6.73 Å². The first kappa shape index (κ1) is 7.98. The van der Waals surface area contributed by atoms with Crippen LogP contribution in [0.2, 0.25) is 0 Å². The molecule has 0 atom stereocenters. The third kappa shape index (κ3) is 1.90. The summed E-state index contributed by atoms with van der Waals surface area (Å²) in [5.74, 6) is 0.981. The number of ether oxygens (including phenoxy) is 1. The molecule has 0 fully saturated rings. The van der Waals surface area contributed by atoms with Gasteiger partial charge in [0.1, 0.15) is 0 Å². The maximum Gasteiger partial charge on any atom is 0.161 e. The molecule has 0 saturated carbocycles. The van der Waals surface area contributed by atoms with Crippen LogP contribution in [0.4, 0.5) is 0 Å². The number of likely N-dealkylation sites (N-methyl/N-ethyl adjacent to an activating group) is 1. The minimum atomic E-state index is 0.569. The van der Waals surface area contributed by atoms with Crippen LogP contribution < -0.4 is 0 Å². The first-order valence-electron chi connectivity index (χ1n) is 3.59. The van der Waals surface area contributed by atoms with E-state index in [9.17, 15) is 0 Å². The highest BCUT2D eigenvalue weighted by Crippen LogP contribution is 2.05. The van der Waals surface area contributed by atoms with Crippen LogP contribution >= 0.6 is 0 Å². The average molecular weight is 154 g/mol. The lowest BCUT2D eigenvalue weighted by Gasteiger charge is -2.30. The van der Waals surface area contributed by atoms with Gasteiger partial charge in [-0.1, -0.05) is 6.58 Å². The Hall–Kier alpha value is -1.12. The molecule has 3 nitrogen and oxygen atoms in total. The van der Waals surface area contributed by atoms with Gasteiger partial charge in [-0.05, 0) is 6.08 Å². The highest BCUT2D eigenvalue weighted by Gasteiger charge is 2.07. The second-order valence-corrected chi connectivity index (χ2v) is 2.66. The van der Waals surface area contributed by atoms with Crippen LogP contribution in [0, 0.1) is 0 Å². The van der Waals surface area contributed by atoms with E-state index in [0.29, 0.717) is 6.73 Å². The van der Waals surface area contributed by atoms with Crippen LogP contribution in [0.25, 0.3) is 0 Å². The van der Waals surface area contributed by atoms with Crippen LogP contribution in [0.5, 0.6) is 0 Å². The monoisotopic (exact) mass is 154 g/mol. The summed E-state index contributed by atoms with van der Waals surface area (Å²) in [6.07, 6.45) is 3.69. The largest absolute Gasteiger partial charge is 0.481 e. The van der Waals surface area contributed by atoms with Crippen molar-refractivity contribution in [2.75, 3.05) is 27.4 Å². The SMILES string of the molecule is C=C1N(C)CC=COCN1C. The van der Waals surface area contributed by atoms with Gasteiger partial charge in [0.25, 0.3) is 0 Å². The zero-order chi connectivity index (χ0) is 8.27. The molecule has 11 heavy (non-hydrogen) atoms. The molecule has 0 bridgehead atoms. The van der Waals surface area contributed by atoms with Gasteiger partial charge in [0.05, 0.1) is 12.1 Å². The summed E-state index contributed by atoms with van der Waals surface area (Å²) >= 11 is 0. The molecule has 0 N–H and O–H groups in total. The quantitative estimate of drug-likeness (QED) is 0.514. The van der Waals surface area contributed by atoms with Crippen LogP contribution in [0.3, 0.4) is 0 Å². The summed E-state index contributed by atoms with van der Waals surface area (Å²) < 4.78 is 5.16. The van der Waals surface area contributed by atoms with Crippen molar-refractivity contribution in [3.8, 4) is 0 Å². The number of nitrogens with zero attached hydrogens (tertiary/aromatic N) is 2. The molecule has 0 aliphatic carbocycles. The smallest absolute Gasteiger partial charge is 0.161 e. The molecule has 1 aliphatic heterocycles. The van der Waals surface area contributed by atoms with Gasteiger partial charge in [-0.15, -0.1) is 0 Å². The molecule has 0 spiro atoms. The van der Waals surface area contributed by atoms with Crippen molar-refractivity contribution in [2.24, 2.45) is 0 Å². The Labute approximate surface area is 67.5 Å². The van der Waals surface area contributed by atoms with Crippen molar-refractivity contribution in [3.05, 3.63) is 24.7 Å². The molecule has 0 saturated heterocycles. The first-order chi connectivity index (χ1) is 5.22. The summed E-state index contributed by atoms with van der Waals surface area (Å²) in [5.41, 5.74) is 0. The summed E-state index contributed by atoms with van der Waals surface area (Å²) in [7, 11) is 3.96. The van der Waals surface area contributed by atoms with Gasteiger partial charge in [0, 0.05) is 20.6 Å². The molecule has 0 radical (unpaired) electrons. The van der Waals surface area contributed by atoms with Gasteiger partial charge in [-0.2, -0.15) is 0 Å². The zero-order valence-corrected chi connectivity index (χ0v) is 7.08. The maximum atomic E-state index is 5.16. The van der Waals surface area contributed by atoms with Crippen molar-refractivity contribution in [3.63, 3.8) is 0 Å². The highest BCUT2D eigenvalue weighted by atomic mass is 16.5. The fourth-order valence-electron chi connectivity index (χ4n) is 0.895. The standard InChI is InChI=1S/C8H14N2O/c1-8-9(2)5-4-6-11-7-10(8)3/h4,6H,1,5,7H2,2-3H3. The lowest BCUT2D eigenvalue weighted by atomic mass is 10.5. The zero-order valence-electron chi connectivity index (χ0n) is 7.08. The molecular formula is C8H14N2O. The summed E-state index contributed by atoms with van der Waals surface area (Å²) in [6, 6.07) is 0. The fourth-order valence-corrected chi connectivity index (χ4v) is 0.895. The van der Waals surface area contributed by atoms with E-state index >= 15 is 0 Å². The Kier molecular flexibility index (Phi) is 2.41. The van der Waals surface area contributed by atoms with Gasteiger partial charge >= 0.3 is 0 Å². The van der Waals surface area contributed by atoms with Crippen molar-refractivity contribution in [1.82, 2.24) is 9.80 Å². The van der Waals surface area contributed by atoms with E-state index in [1.807, 2.05) is 25.1 Å². The van der Waals surface area contributed by atoms with E-state index in [1.54, 1.807) is 6.26 Å². The molecule has 62 valence electrons. The Bertz CT molecular complexity index is 177. The number of rotatable bonds is 0. The summed E-state index contributed by atoms with van der Waals surface area (Å²) in [5, 5.41) is 0. The fraction of sp³-hybridized carbons (Fsp3) is 0.500. The molecular weight excluding hydrogens is 140 g/mol. The normalized spacial score (nSPS) is 19.3. The third-order valence-electron chi connectivity index (χ3n) is 1.72. The Morgan fingerprint density at radius 1 is 1.45 bits per heavy atom. The minimum absolute atomic E-state index is 0.569. The van der Waals surface area contributed by atoms with E-state index in [1.165, 1.54) is 0 Å². The van der Waals surface area contributed by atoms with Gasteiger partial charge in [-0.25, -0.2) is 0 Å².